The van der Waals surface area contributed by atoms with E-state index in [9.17, 15) is 41.6 Å². The van der Waals surface area contributed by atoms with E-state index >= 15 is 0 Å². The summed E-state index contributed by atoms with van der Waals surface area (Å²) in [5.74, 6) is -0.552. The van der Waals surface area contributed by atoms with Gasteiger partial charge in [-0.15, -0.1) is 0 Å². The van der Waals surface area contributed by atoms with Crippen LogP contribution < -0.4 is 14.5 Å². The second-order valence-corrected chi connectivity index (χ2v) is 11.6. The van der Waals surface area contributed by atoms with Gasteiger partial charge in [0.2, 0.25) is 5.91 Å². The van der Waals surface area contributed by atoms with Crippen LogP contribution >= 0.6 is 0 Å². The number of pyridine rings is 1. The summed E-state index contributed by atoms with van der Waals surface area (Å²) >= 11 is 0. The van der Waals surface area contributed by atoms with Crippen LogP contribution in [0.5, 0.6) is 0 Å². The Morgan fingerprint density at radius 3 is 1.95 bits per heavy atom. The van der Waals surface area contributed by atoms with Gasteiger partial charge >= 0.3 is 12.4 Å². The molecule has 1 saturated heterocycles. The highest BCUT2D eigenvalue weighted by Gasteiger charge is 2.42. The van der Waals surface area contributed by atoms with Crippen molar-refractivity contribution in [2.45, 2.75) is 38.5 Å². The summed E-state index contributed by atoms with van der Waals surface area (Å²) in [5.41, 5.74) is -3.31. The van der Waals surface area contributed by atoms with Crippen LogP contribution in [0, 0.1) is 12.1 Å². The lowest BCUT2D eigenvalue weighted by molar-refractivity contribution is -1.09. The molecule has 0 radical (unpaired) electrons. The Labute approximate surface area is 245 Å². The Balaban J connectivity index is 1.83. The Bertz CT molecular complexity index is 1490. The van der Waals surface area contributed by atoms with Gasteiger partial charge in [-0.3, -0.25) is 4.79 Å². The molecule has 1 amide bonds. The third-order valence-corrected chi connectivity index (χ3v) is 7.99. The van der Waals surface area contributed by atoms with Gasteiger partial charge < -0.3 is 10.1 Å². The number of halogens is 6. The molecule has 3 aromatic rings. The molecule has 1 aliphatic heterocycles. The normalized spacial score (nSPS) is 15.9. The van der Waals surface area contributed by atoms with Crippen LogP contribution in [-0.2, 0) is 22.6 Å². The standard InChI is InChI=1S/C30H33F6N4O3/c1-19-8-6-7-9-23(19)24-17-26(38-10-12-40(5,43)13-11-38)39(42)18-25(24)37(4)27(41)28(2,3)20-14-21(29(31,32)33)16-22(15-20)30(34,35)36/h6-9,14-18,43H,10-13H2,1-5H3/q+1. The first-order valence-corrected chi connectivity index (χ1v) is 13.5. The van der Waals surface area contributed by atoms with E-state index < -0.39 is 40.4 Å². The van der Waals surface area contributed by atoms with Crippen molar-refractivity contribution in [3.8, 4) is 11.1 Å². The van der Waals surface area contributed by atoms with Crippen LogP contribution in [0.2, 0.25) is 0 Å². The number of carbonyl (C=O) groups is 1. The van der Waals surface area contributed by atoms with Gasteiger partial charge in [0.25, 0.3) is 5.82 Å². The van der Waals surface area contributed by atoms with Gasteiger partial charge in [-0.25, -0.2) is 14.8 Å². The van der Waals surface area contributed by atoms with Crippen molar-refractivity contribution in [1.82, 2.24) is 0 Å². The zero-order valence-electron chi connectivity index (χ0n) is 24.3. The summed E-state index contributed by atoms with van der Waals surface area (Å²) in [6.45, 7) is 5.80. The van der Waals surface area contributed by atoms with Crippen LogP contribution in [-0.4, -0.2) is 56.0 Å². The second-order valence-electron chi connectivity index (χ2n) is 11.6. The smallest absolute Gasteiger partial charge is 0.416 e. The topological polar surface area (TPSA) is 70.7 Å². The van der Waals surface area contributed by atoms with E-state index in [1.54, 1.807) is 25.2 Å². The van der Waals surface area contributed by atoms with Gasteiger partial charge in [0.1, 0.15) is 32.4 Å². The predicted molar refractivity (Wildman–Crippen MR) is 148 cm³/mol. The molecule has 2 aromatic carbocycles. The van der Waals surface area contributed by atoms with E-state index in [-0.39, 0.29) is 22.2 Å². The highest BCUT2D eigenvalue weighted by atomic mass is 19.4. The molecule has 1 N–H and O–H groups in total. The fourth-order valence-electron chi connectivity index (χ4n) is 5.20. The van der Waals surface area contributed by atoms with E-state index in [1.165, 1.54) is 27.1 Å². The molecule has 0 atom stereocenters. The minimum atomic E-state index is -5.08. The summed E-state index contributed by atoms with van der Waals surface area (Å²) in [6.07, 6.45) is -8.98. The third kappa shape index (κ3) is 6.57. The number of likely N-dealkylation sites (N-methyl/N-ethyl adjacent to an activating group) is 2. The number of hydroxylamine groups is 3. The summed E-state index contributed by atoms with van der Waals surface area (Å²) < 4.78 is 81.9. The highest BCUT2D eigenvalue weighted by Crippen LogP contribution is 2.41. The number of amides is 1. The Kier molecular flexibility index (Phi) is 8.22. The number of piperazine rings is 1. The van der Waals surface area contributed by atoms with E-state index in [1.807, 2.05) is 24.0 Å². The highest BCUT2D eigenvalue weighted by molar-refractivity contribution is 6.03. The molecule has 2 heterocycles. The fraction of sp³-hybridized carbons (Fsp3) is 0.400. The zero-order valence-corrected chi connectivity index (χ0v) is 24.3. The molecule has 1 aliphatic rings. The van der Waals surface area contributed by atoms with Gasteiger partial charge in [0.15, 0.2) is 0 Å². The lowest BCUT2D eigenvalue weighted by Gasteiger charge is -2.34. The maximum atomic E-state index is 13.9. The maximum Gasteiger partial charge on any atom is 0.416 e. The number of quaternary nitrogens is 1. The maximum absolute atomic E-state index is 13.9. The summed E-state index contributed by atoms with van der Waals surface area (Å²) in [5, 5.41) is 23.7. The average Bonchev–Trinajstić information content (AvgIpc) is 2.91. The molecular formula is C30H33F6N4O3+. The molecule has 0 aliphatic carbocycles. The first-order chi connectivity index (χ1) is 19.7. The van der Waals surface area contributed by atoms with Crippen LogP contribution in [0.1, 0.15) is 36.1 Å². The van der Waals surface area contributed by atoms with Crippen molar-refractivity contribution in [1.29, 1.82) is 0 Å². The van der Waals surface area contributed by atoms with Crippen molar-refractivity contribution in [3.63, 3.8) is 0 Å². The number of hydrogen-bond donors (Lipinski definition) is 1. The number of aromatic nitrogens is 1. The molecule has 0 bridgehead atoms. The molecule has 1 aromatic heterocycles. The van der Waals surface area contributed by atoms with E-state index in [2.05, 4.69) is 0 Å². The van der Waals surface area contributed by atoms with Crippen LogP contribution in [0.15, 0.2) is 54.7 Å². The SMILES string of the molecule is Cc1ccccc1-c1cc(N2CC[N+](C)(O)CC2)[n+]([O-])cc1N(C)C(=O)C(C)(C)c1cc(C(F)(F)F)cc(C(F)(F)F)c1. The summed E-state index contributed by atoms with van der Waals surface area (Å²) in [4.78, 5) is 16.8. The van der Waals surface area contributed by atoms with E-state index in [0.717, 1.165) is 10.5 Å². The Morgan fingerprint density at radius 1 is 0.930 bits per heavy atom. The molecule has 0 unspecified atom stereocenters. The molecule has 7 nitrogen and oxygen atoms in total. The van der Waals surface area contributed by atoms with E-state index in [0.29, 0.717) is 54.2 Å². The monoisotopic (exact) mass is 611 g/mol. The van der Waals surface area contributed by atoms with E-state index in [4.69, 9.17) is 0 Å². The van der Waals surface area contributed by atoms with Gasteiger partial charge in [-0.05, 0) is 55.7 Å². The van der Waals surface area contributed by atoms with Crippen LogP contribution in [0.3, 0.4) is 0 Å². The average molecular weight is 612 g/mol. The van der Waals surface area contributed by atoms with Crippen LogP contribution in [0.25, 0.3) is 11.1 Å². The number of aryl methyl sites for hydroxylation is 1. The first kappa shape index (κ1) is 32.1. The van der Waals surface area contributed by atoms with Crippen molar-refractivity contribution in [2.24, 2.45) is 0 Å². The number of rotatable bonds is 5. The fourth-order valence-corrected chi connectivity index (χ4v) is 5.20. The third-order valence-electron chi connectivity index (χ3n) is 7.99. The number of anilines is 2. The first-order valence-electron chi connectivity index (χ1n) is 13.5. The predicted octanol–water partition coefficient (Wildman–Crippen LogP) is 5.93. The van der Waals surface area contributed by atoms with Gasteiger partial charge in [-0.1, -0.05) is 24.3 Å². The van der Waals surface area contributed by atoms with Gasteiger partial charge in [-0.2, -0.15) is 31.0 Å². The lowest BCUT2D eigenvalue weighted by atomic mass is 9.81. The largest absolute Gasteiger partial charge is 0.711 e. The van der Waals surface area contributed by atoms with Gasteiger partial charge in [0.05, 0.1) is 29.3 Å². The Hall–Kier alpha value is -3.84. The number of benzene rings is 2. The molecule has 0 spiro atoms. The van der Waals surface area contributed by atoms with Crippen molar-refractivity contribution >= 4 is 17.4 Å². The number of carbonyl (C=O) groups excluding carboxylic acids is 1. The molecule has 0 saturated carbocycles. The quantitative estimate of drug-likeness (QED) is 0.168. The molecule has 232 valence electrons. The minimum Gasteiger partial charge on any atom is -0.711 e. The minimum absolute atomic E-state index is 0.0158. The van der Waals surface area contributed by atoms with Crippen molar-refractivity contribution < 1.29 is 45.7 Å². The lowest BCUT2D eigenvalue weighted by Crippen LogP contribution is -2.57. The molecule has 1 fully saturated rings. The number of nitrogens with zero attached hydrogens (tertiary/aromatic N) is 4. The zero-order chi connectivity index (χ0) is 32.1. The van der Waals surface area contributed by atoms with Gasteiger partial charge in [0, 0.05) is 18.7 Å². The number of hydrogen-bond acceptors (Lipinski definition) is 4. The molecule has 4 rings (SSSR count). The van der Waals surface area contributed by atoms with Crippen LogP contribution in [0.4, 0.5) is 37.8 Å². The molecular weight excluding hydrogens is 578 g/mol. The number of alkyl halides is 6. The molecule has 43 heavy (non-hydrogen) atoms. The molecule has 13 heteroatoms. The summed E-state index contributed by atoms with van der Waals surface area (Å²) in [6, 6.07) is 9.92. The summed E-state index contributed by atoms with van der Waals surface area (Å²) in [7, 11) is 2.99. The van der Waals surface area contributed by atoms with Crippen molar-refractivity contribution in [3.05, 3.63) is 82.2 Å². The van der Waals surface area contributed by atoms with Crippen molar-refractivity contribution in [2.75, 3.05) is 50.1 Å². The second kappa shape index (κ2) is 11.0. The Morgan fingerprint density at radius 2 is 1.44 bits per heavy atom.